The number of nitrogens with one attached hydrogen (secondary N) is 1. The van der Waals surface area contributed by atoms with E-state index in [4.69, 9.17) is 0 Å². The summed E-state index contributed by atoms with van der Waals surface area (Å²) in [5, 5.41) is 18.2. The first-order valence-corrected chi connectivity index (χ1v) is 7.54. The van der Waals surface area contributed by atoms with Crippen LogP contribution in [0.2, 0.25) is 0 Å². The molecule has 7 nitrogen and oxygen atoms in total. The van der Waals surface area contributed by atoms with Crippen molar-refractivity contribution in [2.24, 2.45) is 0 Å². The molecule has 2 rings (SSSR count). The van der Waals surface area contributed by atoms with E-state index in [0.29, 0.717) is 6.42 Å². The topological polar surface area (TPSA) is 90.1 Å². The Hall–Kier alpha value is -2.70. The molecule has 0 aliphatic heterocycles. The Morgan fingerprint density at radius 3 is 2.74 bits per heavy atom. The van der Waals surface area contributed by atoms with E-state index in [1.165, 1.54) is 12.1 Å². The third kappa shape index (κ3) is 3.74. The number of aryl methyl sites for hydroxylation is 2. The summed E-state index contributed by atoms with van der Waals surface area (Å²) in [6, 6.07) is 4.29. The van der Waals surface area contributed by atoms with E-state index in [-0.39, 0.29) is 17.3 Å². The van der Waals surface area contributed by atoms with E-state index in [1.807, 2.05) is 20.0 Å². The lowest BCUT2D eigenvalue weighted by atomic mass is 10.1. The van der Waals surface area contributed by atoms with Gasteiger partial charge >= 0.3 is 0 Å². The number of nitro benzene ring substituents is 1. The second-order valence-electron chi connectivity index (χ2n) is 5.34. The average Bonchev–Trinajstić information content (AvgIpc) is 3.00. The summed E-state index contributed by atoms with van der Waals surface area (Å²) >= 11 is 0. The molecule has 0 aliphatic rings. The highest BCUT2D eigenvalue weighted by atomic mass is 16.6. The largest absolute Gasteiger partial charge is 0.345 e. The van der Waals surface area contributed by atoms with Crippen molar-refractivity contribution in [2.75, 3.05) is 0 Å². The van der Waals surface area contributed by atoms with Gasteiger partial charge in [-0.2, -0.15) is 5.10 Å². The van der Waals surface area contributed by atoms with E-state index in [1.54, 1.807) is 23.9 Å². The van der Waals surface area contributed by atoms with Crippen molar-refractivity contribution in [1.29, 1.82) is 0 Å². The van der Waals surface area contributed by atoms with Gasteiger partial charge in [0.1, 0.15) is 5.56 Å². The SMILES string of the molecule is CC[C@H](NC(=O)c1cc(C)ccc1[N+](=O)[O-])c1cnn(CC)c1. The smallest absolute Gasteiger partial charge is 0.282 e. The first-order valence-electron chi connectivity index (χ1n) is 7.54. The zero-order chi connectivity index (χ0) is 17.0. The molecule has 0 saturated heterocycles. The van der Waals surface area contributed by atoms with Crippen molar-refractivity contribution < 1.29 is 9.72 Å². The molecule has 0 radical (unpaired) electrons. The normalized spacial score (nSPS) is 12.0. The molecule has 1 N–H and O–H groups in total. The average molecular weight is 316 g/mol. The molecular weight excluding hydrogens is 296 g/mol. The van der Waals surface area contributed by atoms with Gasteiger partial charge in [-0.05, 0) is 31.9 Å². The van der Waals surface area contributed by atoms with Gasteiger partial charge in [0, 0.05) is 24.4 Å². The lowest BCUT2D eigenvalue weighted by Gasteiger charge is -2.15. The highest BCUT2D eigenvalue weighted by Gasteiger charge is 2.23. The number of nitro groups is 1. The Balaban J connectivity index is 2.26. The Morgan fingerprint density at radius 2 is 2.17 bits per heavy atom. The molecule has 0 unspecified atom stereocenters. The van der Waals surface area contributed by atoms with Crippen LogP contribution in [0.4, 0.5) is 5.69 Å². The third-order valence-electron chi connectivity index (χ3n) is 3.69. The van der Waals surface area contributed by atoms with E-state index in [2.05, 4.69) is 10.4 Å². The van der Waals surface area contributed by atoms with Crippen LogP contribution >= 0.6 is 0 Å². The highest BCUT2D eigenvalue weighted by molar-refractivity contribution is 5.98. The first kappa shape index (κ1) is 16.7. The molecule has 0 spiro atoms. The molecule has 1 amide bonds. The van der Waals surface area contributed by atoms with Gasteiger partial charge in [0.25, 0.3) is 11.6 Å². The van der Waals surface area contributed by atoms with Crippen molar-refractivity contribution in [1.82, 2.24) is 15.1 Å². The van der Waals surface area contributed by atoms with Crippen LogP contribution in [-0.2, 0) is 6.54 Å². The Morgan fingerprint density at radius 1 is 1.43 bits per heavy atom. The number of rotatable bonds is 6. The predicted molar refractivity (Wildman–Crippen MR) is 86.2 cm³/mol. The molecule has 1 aromatic heterocycles. The van der Waals surface area contributed by atoms with Gasteiger partial charge in [0.2, 0.25) is 0 Å². The number of hydrogen-bond donors (Lipinski definition) is 1. The summed E-state index contributed by atoms with van der Waals surface area (Å²) in [7, 11) is 0. The number of carbonyl (C=O) groups is 1. The number of nitrogens with zero attached hydrogens (tertiary/aromatic N) is 3. The number of hydrogen-bond acceptors (Lipinski definition) is 4. The van der Waals surface area contributed by atoms with Crippen molar-refractivity contribution >= 4 is 11.6 Å². The lowest BCUT2D eigenvalue weighted by molar-refractivity contribution is -0.385. The van der Waals surface area contributed by atoms with Crippen LogP contribution in [0.5, 0.6) is 0 Å². The molecule has 1 heterocycles. The second kappa shape index (κ2) is 7.04. The Kier molecular flexibility index (Phi) is 5.10. The van der Waals surface area contributed by atoms with Crippen LogP contribution in [0.15, 0.2) is 30.6 Å². The molecule has 0 saturated carbocycles. The fourth-order valence-corrected chi connectivity index (χ4v) is 2.38. The minimum absolute atomic E-state index is 0.0799. The highest BCUT2D eigenvalue weighted by Crippen LogP contribution is 2.22. The molecule has 0 aliphatic carbocycles. The van der Waals surface area contributed by atoms with Gasteiger partial charge in [0.15, 0.2) is 0 Å². The number of amides is 1. The zero-order valence-corrected chi connectivity index (χ0v) is 13.4. The summed E-state index contributed by atoms with van der Waals surface area (Å²) in [6.07, 6.45) is 4.25. The van der Waals surface area contributed by atoms with Gasteiger partial charge < -0.3 is 5.32 Å². The third-order valence-corrected chi connectivity index (χ3v) is 3.69. The number of benzene rings is 1. The molecule has 2 aromatic rings. The molecule has 23 heavy (non-hydrogen) atoms. The molecule has 122 valence electrons. The maximum Gasteiger partial charge on any atom is 0.282 e. The lowest BCUT2D eigenvalue weighted by Crippen LogP contribution is -2.28. The maximum atomic E-state index is 12.5. The van der Waals surface area contributed by atoms with Crippen molar-refractivity contribution in [2.45, 2.75) is 39.8 Å². The fourth-order valence-electron chi connectivity index (χ4n) is 2.38. The van der Waals surface area contributed by atoms with Crippen molar-refractivity contribution in [3.8, 4) is 0 Å². The number of carbonyl (C=O) groups excluding carboxylic acids is 1. The monoisotopic (exact) mass is 316 g/mol. The minimum atomic E-state index is -0.537. The Labute approximate surface area is 134 Å². The molecular formula is C16H20N4O3. The summed E-state index contributed by atoms with van der Waals surface area (Å²) < 4.78 is 1.78. The van der Waals surface area contributed by atoms with E-state index >= 15 is 0 Å². The van der Waals surface area contributed by atoms with E-state index in [9.17, 15) is 14.9 Å². The zero-order valence-electron chi connectivity index (χ0n) is 13.4. The molecule has 1 atom stereocenters. The van der Waals surface area contributed by atoms with Gasteiger partial charge in [-0.25, -0.2) is 0 Å². The summed E-state index contributed by atoms with van der Waals surface area (Å²) in [5.41, 5.74) is 1.58. The van der Waals surface area contributed by atoms with Crippen LogP contribution in [0.25, 0.3) is 0 Å². The molecule has 0 fully saturated rings. The standard InChI is InChI=1S/C16H20N4O3/c1-4-14(12-9-17-19(5-2)10-12)18-16(21)13-8-11(3)6-7-15(13)20(22)23/h6-10,14H,4-5H2,1-3H3,(H,18,21)/t14-/m0/s1. The van der Waals surface area contributed by atoms with Gasteiger partial charge in [-0.3, -0.25) is 19.6 Å². The summed E-state index contributed by atoms with van der Waals surface area (Å²) in [4.78, 5) is 23.1. The fraction of sp³-hybridized carbons (Fsp3) is 0.375. The molecule has 1 aromatic carbocycles. The van der Waals surface area contributed by atoms with E-state index in [0.717, 1.165) is 17.7 Å². The van der Waals surface area contributed by atoms with E-state index < -0.39 is 10.8 Å². The molecule has 0 bridgehead atoms. The van der Waals surface area contributed by atoms with Gasteiger partial charge in [-0.1, -0.05) is 13.0 Å². The van der Waals surface area contributed by atoms with Crippen LogP contribution in [0, 0.1) is 17.0 Å². The van der Waals surface area contributed by atoms with Crippen molar-refractivity contribution in [3.63, 3.8) is 0 Å². The van der Waals surface area contributed by atoms with Crippen LogP contribution in [0.1, 0.15) is 47.8 Å². The summed E-state index contributed by atoms with van der Waals surface area (Å²) in [5.74, 6) is -0.448. The maximum absolute atomic E-state index is 12.5. The van der Waals surface area contributed by atoms with Crippen LogP contribution in [0.3, 0.4) is 0 Å². The summed E-state index contributed by atoms with van der Waals surface area (Å²) in [6.45, 7) is 6.46. The first-order chi connectivity index (χ1) is 11.0. The quantitative estimate of drug-likeness (QED) is 0.655. The Bertz CT molecular complexity index is 724. The predicted octanol–water partition coefficient (Wildman–Crippen LogP) is 3.00. The van der Waals surface area contributed by atoms with Gasteiger partial charge in [-0.15, -0.1) is 0 Å². The van der Waals surface area contributed by atoms with Crippen molar-refractivity contribution in [3.05, 3.63) is 57.4 Å². The number of aromatic nitrogens is 2. The minimum Gasteiger partial charge on any atom is -0.345 e. The van der Waals surface area contributed by atoms with Gasteiger partial charge in [0.05, 0.1) is 17.2 Å². The van der Waals surface area contributed by atoms with Crippen LogP contribution in [-0.4, -0.2) is 20.6 Å². The molecule has 7 heteroatoms. The second-order valence-corrected chi connectivity index (χ2v) is 5.34. The van der Waals surface area contributed by atoms with Crippen LogP contribution < -0.4 is 5.32 Å².